The lowest BCUT2D eigenvalue weighted by atomic mass is 9.85. The van der Waals surface area contributed by atoms with E-state index in [-0.39, 0.29) is 0 Å². The molecule has 39 heavy (non-hydrogen) atoms. The summed E-state index contributed by atoms with van der Waals surface area (Å²) in [5, 5.41) is 7.34. The van der Waals surface area contributed by atoms with Crippen LogP contribution in [0.1, 0.15) is 0 Å². The molecule has 182 valence electrons. The Balaban J connectivity index is 1.47. The Kier molecular flexibility index (Phi) is 4.89. The molecule has 0 unspecified atom stereocenters. The van der Waals surface area contributed by atoms with Crippen LogP contribution in [0, 0.1) is 0 Å². The summed E-state index contributed by atoms with van der Waals surface area (Å²) in [6.07, 6.45) is 0. The highest BCUT2D eigenvalue weighted by atomic mass is 16.3. The summed E-state index contributed by atoms with van der Waals surface area (Å²) >= 11 is 0. The quantitative estimate of drug-likeness (QED) is 0.222. The van der Waals surface area contributed by atoms with Gasteiger partial charge in [0.15, 0.2) is 0 Å². The zero-order valence-corrected chi connectivity index (χ0v) is 21.3. The number of benzene rings is 7. The van der Waals surface area contributed by atoms with Crippen molar-refractivity contribution in [3.63, 3.8) is 0 Å². The molecule has 1 aromatic heterocycles. The van der Waals surface area contributed by atoms with Gasteiger partial charge in [0, 0.05) is 10.8 Å². The van der Waals surface area contributed by atoms with Gasteiger partial charge in [0.05, 0.1) is 0 Å². The summed E-state index contributed by atoms with van der Waals surface area (Å²) in [5.41, 5.74) is 9.18. The van der Waals surface area contributed by atoms with Crippen LogP contribution in [0.5, 0.6) is 0 Å². The fraction of sp³-hybridized carbons (Fsp3) is 0. The molecule has 0 spiro atoms. The zero-order chi connectivity index (χ0) is 25.8. The van der Waals surface area contributed by atoms with Crippen LogP contribution < -0.4 is 0 Å². The van der Waals surface area contributed by atoms with Crippen molar-refractivity contribution in [2.24, 2.45) is 0 Å². The first-order chi connectivity index (χ1) is 19.4. The van der Waals surface area contributed by atoms with Gasteiger partial charge in [-0.25, -0.2) is 0 Å². The minimum Gasteiger partial charge on any atom is -0.456 e. The fourth-order valence-electron chi connectivity index (χ4n) is 6.20. The van der Waals surface area contributed by atoms with Crippen LogP contribution in [-0.2, 0) is 0 Å². The molecule has 0 atom stereocenters. The molecule has 1 heterocycles. The van der Waals surface area contributed by atoms with E-state index in [9.17, 15) is 0 Å². The highest BCUT2D eigenvalue weighted by Gasteiger charge is 2.18. The second-order valence-electron chi connectivity index (χ2n) is 10.1. The van der Waals surface area contributed by atoms with Crippen LogP contribution in [0.2, 0.25) is 0 Å². The molecule has 0 bridgehead atoms. The van der Waals surface area contributed by atoms with Gasteiger partial charge in [-0.15, -0.1) is 0 Å². The Labute approximate surface area is 226 Å². The second-order valence-corrected chi connectivity index (χ2v) is 10.1. The predicted octanol–water partition coefficient (Wildman–Crippen LogP) is 10.9. The van der Waals surface area contributed by atoms with Crippen molar-refractivity contribution >= 4 is 43.5 Å². The molecule has 7 aromatic carbocycles. The Bertz CT molecular complexity index is 2090. The van der Waals surface area contributed by atoms with Crippen molar-refractivity contribution in [2.75, 3.05) is 0 Å². The van der Waals surface area contributed by atoms with Gasteiger partial charge < -0.3 is 4.42 Å². The molecule has 0 saturated heterocycles. The van der Waals surface area contributed by atoms with Crippen LogP contribution in [0.15, 0.2) is 150 Å². The second kappa shape index (κ2) is 8.72. The number of furan rings is 1. The van der Waals surface area contributed by atoms with Crippen LogP contribution >= 0.6 is 0 Å². The maximum atomic E-state index is 6.36. The molecule has 0 aliphatic carbocycles. The maximum Gasteiger partial charge on any atom is 0.136 e. The summed E-state index contributed by atoms with van der Waals surface area (Å²) in [5.74, 6) is 0. The zero-order valence-electron chi connectivity index (χ0n) is 21.3. The SMILES string of the molecule is c1ccc(-c2c3ccccc3c(-c3ccc4oc5cccc(-c6ccccc6)c5c4c3)c3ccccc23)cc1. The van der Waals surface area contributed by atoms with Gasteiger partial charge in [-0.2, -0.15) is 0 Å². The molecule has 1 nitrogen and oxygen atoms in total. The summed E-state index contributed by atoms with van der Waals surface area (Å²) in [7, 11) is 0. The van der Waals surface area contributed by atoms with Gasteiger partial charge in [-0.1, -0.05) is 127 Å². The van der Waals surface area contributed by atoms with E-state index >= 15 is 0 Å². The monoisotopic (exact) mass is 496 g/mol. The number of fused-ring (bicyclic) bond motifs is 5. The lowest BCUT2D eigenvalue weighted by Crippen LogP contribution is -1.90. The van der Waals surface area contributed by atoms with Crippen molar-refractivity contribution in [3.05, 3.63) is 146 Å². The van der Waals surface area contributed by atoms with Gasteiger partial charge in [-0.3, -0.25) is 0 Å². The molecule has 0 fully saturated rings. The van der Waals surface area contributed by atoms with Gasteiger partial charge >= 0.3 is 0 Å². The van der Waals surface area contributed by atoms with Gasteiger partial charge in [0.25, 0.3) is 0 Å². The van der Waals surface area contributed by atoms with E-state index in [4.69, 9.17) is 4.42 Å². The van der Waals surface area contributed by atoms with Crippen molar-refractivity contribution < 1.29 is 4.42 Å². The van der Waals surface area contributed by atoms with Gasteiger partial charge in [0.2, 0.25) is 0 Å². The number of hydrogen-bond acceptors (Lipinski definition) is 1. The molecule has 0 saturated carbocycles. The molecule has 0 radical (unpaired) electrons. The highest BCUT2D eigenvalue weighted by Crippen LogP contribution is 2.45. The first kappa shape index (κ1) is 21.9. The standard InChI is InChI=1S/C38H24O/c1-3-12-25(13-4-1)28-20-11-21-35-38(28)33-24-27(22-23-34(33)39-35)37-31-18-9-7-16-29(31)36(26-14-5-2-6-15-26)30-17-8-10-19-32(30)37/h1-24H. The number of hydrogen-bond donors (Lipinski definition) is 0. The van der Waals surface area contributed by atoms with Crippen molar-refractivity contribution in [1.82, 2.24) is 0 Å². The van der Waals surface area contributed by atoms with E-state index in [1.165, 1.54) is 54.9 Å². The Morgan fingerprint density at radius 1 is 0.333 bits per heavy atom. The maximum absolute atomic E-state index is 6.36. The van der Waals surface area contributed by atoms with E-state index < -0.39 is 0 Å². The van der Waals surface area contributed by atoms with E-state index in [2.05, 4.69) is 146 Å². The van der Waals surface area contributed by atoms with Crippen molar-refractivity contribution in [2.45, 2.75) is 0 Å². The first-order valence-corrected chi connectivity index (χ1v) is 13.4. The van der Waals surface area contributed by atoms with Gasteiger partial charge in [0.1, 0.15) is 11.2 Å². The molecule has 0 aliphatic heterocycles. The average Bonchev–Trinajstić information content (AvgIpc) is 3.39. The Morgan fingerprint density at radius 2 is 0.872 bits per heavy atom. The molecule has 8 rings (SSSR count). The Hall–Kier alpha value is -5.14. The smallest absolute Gasteiger partial charge is 0.136 e. The summed E-state index contributed by atoms with van der Waals surface area (Å²) < 4.78 is 6.36. The fourth-order valence-corrected chi connectivity index (χ4v) is 6.20. The molecule has 8 aromatic rings. The topological polar surface area (TPSA) is 13.1 Å². The molecule has 0 N–H and O–H groups in total. The largest absolute Gasteiger partial charge is 0.456 e. The third kappa shape index (κ3) is 3.41. The van der Waals surface area contributed by atoms with E-state index in [0.717, 1.165) is 21.9 Å². The van der Waals surface area contributed by atoms with Gasteiger partial charge in [-0.05, 0) is 73.1 Å². The highest BCUT2D eigenvalue weighted by molar-refractivity contribution is 6.22. The molecular formula is C38H24O. The molecular weight excluding hydrogens is 472 g/mol. The third-order valence-electron chi connectivity index (χ3n) is 7.86. The summed E-state index contributed by atoms with van der Waals surface area (Å²) in [4.78, 5) is 0. The van der Waals surface area contributed by atoms with Crippen LogP contribution in [-0.4, -0.2) is 0 Å². The summed E-state index contributed by atoms with van der Waals surface area (Å²) in [6, 6.07) is 52.0. The van der Waals surface area contributed by atoms with Crippen molar-refractivity contribution in [3.8, 4) is 33.4 Å². The lowest BCUT2D eigenvalue weighted by molar-refractivity contribution is 0.669. The normalized spacial score (nSPS) is 11.6. The van der Waals surface area contributed by atoms with Crippen LogP contribution in [0.25, 0.3) is 76.9 Å². The van der Waals surface area contributed by atoms with Crippen LogP contribution in [0.3, 0.4) is 0 Å². The minimum absolute atomic E-state index is 0.909. The first-order valence-electron chi connectivity index (χ1n) is 13.4. The van der Waals surface area contributed by atoms with E-state index in [1.54, 1.807) is 0 Å². The van der Waals surface area contributed by atoms with E-state index in [1.807, 2.05) is 0 Å². The lowest BCUT2D eigenvalue weighted by Gasteiger charge is -2.17. The molecule has 0 amide bonds. The molecule has 1 heteroatoms. The molecule has 0 aliphatic rings. The van der Waals surface area contributed by atoms with Crippen molar-refractivity contribution in [1.29, 1.82) is 0 Å². The third-order valence-corrected chi connectivity index (χ3v) is 7.86. The summed E-state index contributed by atoms with van der Waals surface area (Å²) in [6.45, 7) is 0. The number of rotatable bonds is 3. The Morgan fingerprint density at radius 3 is 1.49 bits per heavy atom. The van der Waals surface area contributed by atoms with E-state index in [0.29, 0.717) is 0 Å². The minimum atomic E-state index is 0.909. The van der Waals surface area contributed by atoms with Crippen LogP contribution in [0.4, 0.5) is 0 Å². The average molecular weight is 497 g/mol. The predicted molar refractivity (Wildman–Crippen MR) is 165 cm³/mol.